The van der Waals surface area contributed by atoms with E-state index < -0.39 is 0 Å². The highest BCUT2D eigenvalue weighted by Gasteiger charge is 2.37. The predicted octanol–water partition coefficient (Wildman–Crippen LogP) is 6.64. The van der Waals surface area contributed by atoms with E-state index in [4.69, 9.17) is 16.3 Å². The fraction of sp³-hybridized carbons (Fsp3) is 0.240. The first-order valence-electron chi connectivity index (χ1n) is 10.2. The van der Waals surface area contributed by atoms with Crippen LogP contribution in [0.1, 0.15) is 23.7 Å². The van der Waals surface area contributed by atoms with Crippen molar-refractivity contribution in [3.8, 4) is 5.75 Å². The van der Waals surface area contributed by atoms with Gasteiger partial charge in [-0.3, -0.25) is 0 Å². The first-order valence-corrected chi connectivity index (χ1v) is 11.6. The molecule has 0 saturated carbocycles. The number of unbranched alkanes of at least 4 members (excludes halogenated alkanes) is 1. The Bertz CT molecular complexity index is 982. The van der Waals surface area contributed by atoms with Crippen molar-refractivity contribution in [3.63, 3.8) is 0 Å². The molecule has 0 saturated heterocycles. The number of rotatable bonds is 8. The zero-order valence-electron chi connectivity index (χ0n) is 16.6. The molecule has 0 aromatic heterocycles. The number of hydrogen-bond donors (Lipinski definition) is 0. The van der Waals surface area contributed by atoms with Crippen molar-refractivity contribution in [2.45, 2.75) is 29.0 Å². The average molecular weight is 438 g/mol. The van der Waals surface area contributed by atoms with E-state index in [2.05, 4.69) is 35.2 Å². The standard InChI is InChI=1S/C25H24ClNO2S/c26-16-8-9-17-29-23-14-6-4-12-20(23)25-22(18-28)27(19-10-2-1-3-11-19)21-13-5-7-15-24(21)30-25/h1-7,10-15,18,22,25H,8-9,16-17H2. The summed E-state index contributed by atoms with van der Waals surface area (Å²) < 4.78 is 6.11. The van der Waals surface area contributed by atoms with Crippen LogP contribution in [0, 0.1) is 0 Å². The number of carbonyl (C=O) groups excluding carboxylic acids is 1. The normalized spacial score (nSPS) is 18.0. The molecule has 0 fully saturated rings. The topological polar surface area (TPSA) is 29.5 Å². The third-order valence-electron chi connectivity index (χ3n) is 5.17. The van der Waals surface area contributed by atoms with Gasteiger partial charge in [0.05, 0.1) is 17.5 Å². The zero-order valence-corrected chi connectivity index (χ0v) is 18.2. The number of hydrogen-bond acceptors (Lipinski definition) is 4. The van der Waals surface area contributed by atoms with Gasteiger partial charge < -0.3 is 14.4 Å². The molecule has 154 valence electrons. The van der Waals surface area contributed by atoms with Crippen LogP contribution < -0.4 is 9.64 Å². The minimum absolute atomic E-state index is 0.0816. The molecule has 2 unspecified atom stereocenters. The van der Waals surface area contributed by atoms with Gasteiger partial charge in [-0.25, -0.2) is 0 Å². The summed E-state index contributed by atoms with van der Waals surface area (Å²) in [6, 6.07) is 26.1. The van der Waals surface area contributed by atoms with Crippen LogP contribution in [0.25, 0.3) is 0 Å². The lowest BCUT2D eigenvalue weighted by Gasteiger charge is -2.41. The number of para-hydroxylation sites is 3. The van der Waals surface area contributed by atoms with Crippen molar-refractivity contribution in [1.29, 1.82) is 0 Å². The lowest BCUT2D eigenvalue weighted by atomic mass is 10.0. The fourth-order valence-corrected chi connectivity index (χ4v) is 5.32. The van der Waals surface area contributed by atoms with Crippen LogP contribution in [0.3, 0.4) is 0 Å². The second-order valence-electron chi connectivity index (χ2n) is 7.12. The van der Waals surface area contributed by atoms with Gasteiger partial charge in [0.1, 0.15) is 18.1 Å². The monoisotopic (exact) mass is 437 g/mol. The lowest BCUT2D eigenvalue weighted by molar-refractivity contribution is -0.108. The number of nitrogens with zero attached hydrogens (tertiary/aromatic N) is 1. The Labute approximate surface area is 187 Å². The van der Waals surface area contributed by atoms with Crippen molar-refractivity contribution in [3.05, 3.63) is 84.4 Å². The Hall–Kier alpha value is -2.43. The molecule has 0 spiro atoms. The van der Waals surface area contributed by atoms with Gasteiger partial charge in [0.15, 0.2) is 0 Å². The summed E-state index contributed by atoms with van der Waals surface area (Å²) >= 11 is 7.52. The highest BCUT2D eigenvalue weighted by Crippen LogP contribution is 2.52. The molecule has 1 aliphatic rings. The minimum atomic E-state index is -0.347. The van der Waals surface area contributed by atoms with Crippen LogP contribution >= 0.6 is 23.4 Å². The molecule has 1 heterocycles. The average Bonchev–Trinajstić information content (AvgIpc) is 2.81. The van der Waals surface area contributed by atoms with Gasteiger partial charge >= 0.3 is 0 Å². The van der Waals surface area contributed by atoms with Crippen molar-refractivity contribution < 1.29 is 9.53 Å². The Morgan fingerprint density at radius 3 is 2.47 bits per heavy atom. The van der Waals surface area contributed by atoms with E-state index in [9.17, 15) is 4.79 Å². The van der Waals surface area contributed by atoms with E-state index in [0.29, 0.717) is 12.5 Å². The summed E-state index contributed by atoms with van der Waals surface area (Å²) in [5, 5.41) is -0.0816. The number of benzene rings is 3. The highest BCUT2D eigenvalue weighted by atomic mass is 35.5. The molecule has 30 heavy (non-hydrogen) atoms. The Morgan fingerprint density at radius 1 is 0.933 bits per heavy atom. The highest BCUT2D eigenvalue weighted by molar-refractivity contribution is 7.99. The van der Waals surface area contributed by atoms with E-state index in [1.165, 1.54) is 0 Å². The zero-order chi connectivity index (χ0) is 20.8. The molecule has 0 radical (unpaired) electrons. The summed E-state index contributed by atoms with van der Waals surface area (Å²) in [5.41, 5.74) is 3.11. The summed E-state index contributed by atoms with van der Waals surface area (Å²) in [5.74, 6) is 1.48. The molecule has 5 heteroatoms. The number of anilines is 2. The number of ether oxygens (including phenoxy) is 1. The molecule has 1 aliphatic heterocycles. The molecular weight excluding hydrogens is 414 g/mol. The Balaban J connectivity index is 1.74. The van der Waals surface area contributed by atoms with E-state index >= 15 is 0 Å². The van der Waals surface area contributed by atoms with Crippen LogP contribution in [0.15, 0.2) is 83.8 Å². The number of fused-ring (bicyclic) bond motifs is 1. The van der Waals surface area contributed by atoms with Gasteiger partial charge in [0.25, 0.3) is 0 Å². The fourth-order valence-electron chi connectivity index (χ4n) is 3.76. The van der Waals surface area contributed by atoms with Gasteiger partial charge in [0.2, 0.25) is 0 Å². The maximum Gasteiger partial charge on any atom is 0.144 e. The molecule has 0 amide bonds. The lowest BCUT2D eigenvalue weighted by Crippen LogP contribution is -2.39. The maximum atomic E-state index is 12.4. The molecule has 3 aromatic rings. The van der Waals surface area contributed by atoms with Gasteiger partial charge in [-0.1, -0.05) is 48.5 Å². The van der Waals surface area contributed by atoms with Gasteiger partial charge in [-0.2, -0.15) is 0 Å². The number of halogens is 1. The van der Waals surface area contributed by atoms with Crippen LogP contribution in [0.4, 0.5) is 11.4 Å². The second kappa shape index (κ2) is 10.1. The Kier molecular flexibility index (Phi) is 6.98. The third kappa shape index (κ3) is 4.35. The molecule has 0 aliphatic carbocycles. The molecule has 3 aromatic carbocycles. The second-order valence-corrected chi connectivity index (χ2v) is 8.68. The van der Waals surface area contributed by atoms with Crippen molar-refractivity contribution >= 4 is 41.0 Å². The number of alkyl halides is 1. The van der Waals surface area contributed by atoms with Gasteiger partial charge in [0, 0.05) is 22.0 Å². The van der Waals surface area contributed by atoms with Crippen LogP contribution in [-0.2, 0) is 4.79 Å². The molecule has 2 atom stereocenters. The van der Waals surface area contributed by atoms with Gasteiger partial charge in [-0.15, -0.1) is 23.4 Å². The summed E-state index contributed by atoms with van der Waals surface area (Å²) in [6.45, 7) is 0.617. The first-order chi connectivity index (χ1) is 14.8. The van der Waals surface area contributed by atoms with Gasteiger partial charge in [-0.05, 0) is 43.2 Å². The van der Waals surface area contributed by atoms with Crippen LogP contribution in [0.2, 0.25) is 0 Å². The van der Waals surface area contributed by atoms with Crippen molar-refractivity contribution in [2.75, 3.05) is 17.4 Å². The molecule has 0 N–H and O–H groups in total. The van der Waals surface area contributed by atoms with Crippen LogP contribution in [-0.4, -0.2) is 24.8 Å². The number of carbonyl (C=O) groups is 1. The van der Waals surface area contributed by atoms with E-state index in [1.54, 1.807) is 11.8 Å². The predicted molar refractivity (Wildman–Crippen MR) is 125 cm³/mol. The van der Waals surface area contributed by atoms with E-state index in [0.717, 1.165) is 46.7 Å². The summed E-state index contributed by atoms with van der Waals surface area (Å²) in [4.78, 5) is 15.7. The maximum absolute atomic E-state index is 12.4. The molecule has 0 bridgehead atoms. The number of aldehydes is 1. The molecular formula is C25H24ClNO2S. The summed E-state index contributed by atoms with van der Waals surface area (Å²) in [6.07, 6.45) is 2.89. The van der Waals surface area contributed by atoms with Crippen LogP contribution in [0.5, 0.6) is 5.75 Å². The Morgan fingerprint density at radius 2 is 1.67 bits per heavy atom. The summed E-state index contributed by atoms with van der Waals surface area (Å²) in [7, 11) is 0. The molecule has 3 nitrogen and oxygen atoms in total. The van der Waals surface area contributed by atoms with E-state index in [1.807, 2.05) is 48.5 Å². The first kappa shape index (κ1) is 20.8. The minimum Gasteiger partial charge on any atom is -0.493 e. The van der Waals surface area contributed by atoms with Crippen molar-refractivity contribution in [2.24, 2.45) is 0 Å². The SMILES string of the molecule is O=CC1C(c2ccccc2OCCCCCl)Sc2ccccc2N1c1ccccc1. The van der Waals surface area contributed by atoms with Crippen molar-refractivity contribution in [1.82, 2.24) is 0 Å². The number of thioether (sulfide) groups is 1. The van der Waals surface area contributed by atoms with E-state index in [-0.39, 0.29) is 11.3 Å². The molecule has 4 rings (SSSR count). The third-order valence-corrected chi connectivity index (χ3v) is 6.83. The largest absolute Gasteiger partial charge is 0.493 e. The quantitative estimate of drug-likeness (QED) is 0.224. The smallest absolute Gasteiger partial charge is 0.144 e.